The van der Waals surface area contributed by atoms with Crippen molar-refractivity contribution in [1.29, 1.82) is 5.26 Å². The van der Waals surface area contributed by atoms with E-state index in [2.05, 4.69) is 4.99 Å². The van der Waals surface area contributed by atoms with Crippen LogP contribution in [0.25, 0.3) is 0 Å². The first-order chi connectivity index (χ1) is 6.65. The number of hydrogen-bond donors (Lipinski definition) is 0. The second-order valence-electron chi connectivity index (χ2n) is 2.80. The molecule has 1 aromatic rings. The summed E-state index contributed by atoms with van der Waals surface area (Å²) in [6.45, 7) is 2.04. The monoisotopic (exact) mass is 222 g/mol. The SMILES string of the molecule is Cc1ccc([S](C)C([S-])=NC#N)cc1. The highest BCUT2D eigenvalue weighted by atomic mass is 32.2. The van der Waals surface area contributed by atoms with Crippen LogP contribution in [0, 0.1) is 18.4 Å². The van der Waals surface area contributed by atoms with Gasteiger partial charge in [0.1, 0.15) is 0 Å². The van der Waals surface area contributed by atoms with E-state index in [4.69, 9.17) is 17.9 Å². The second-order valence-corrected chi connectivity index (χ2v) is 5.32. The zero-order chi connectivity index (χ0) is 10.6. The molecule has 0 aromatic heterocycles. The Morgan fingerprint density at radius 2 is 2.00 bits per heavy atom. The third-order valence-electron chi connectivity index (χ3n) is 1.78. The average Bonchev–Trinajstić information content (AvgIpc) is 2.18. The van der Waals surface area contributed by atoms with Gasteiger partial charge in [-0.15, -0.1) is 0 Å². The molecule has 1 aromatic carbocycles. The van der Waals surface area contributed by atoms with Crippen LogP contribution < -0.4 is 0 Å². The number of nitrogens with zero attached hydrogens (tertiary/aromatic N) is 2. The lowest BCUT2D eigenvalue weighted by Gasteiger charge is -2.20. The van der Waals surface area contributed by atoms with Gasteiger partial charge in [0.25, 0.3) is 0 Å². The maximum Gasteiger partial charge on any atom is 0.204 e. The maximum atomic E-state index is 8.38. The van der Waals surface area contributed by atoms with Crippen molar-refractivity contribution < 1.29 is 0 Å². The molecule has 0 aliphatic carbocycles. The van der Waals surface area contributed by atoms with Crippen LogP contribution >= 0.6 is 10.9 Å². The van der Waals surface area contributed by atoms with Gasteiger partial charge in [0.15, 0.2) is 0 Å². The highest BCUT2D eigenvalue weighted by Gasteiger charge is 2.00. The first kappa shape index (κ1) is 11.0. The highest BCUT2D eigenvalue weighted by molar-refractivity contribution is 8.39. The Morgan fingerprint density at radius 1 is 1.43 bits per heavy atom. The van der Waals surface area contributed by atoms with Crippen LogP contribution in [0.2, 0.25) is 0 Å². The Hall–Kier alpha value is -1.05. The smallest absolute Gasteiger partial charge is 0.204 e. The topological polar surface area (TPSA) is 36.1 Å². The van der Waals surface area contributed by atoms with Crippen molar-refractivity contribution in [3.8, 4) is 6.19 Å². The van der Waals surface area contributed by atoms with Crippen molar-refractivity contribution in [3.63, 3.8) is 0 Å². The minimum atomic E-state index is -0.244. The van der Waals surface area contributed by atoms with E-state index in [1.54, 1.807) is 6.19 Å². The van der Waals surface area contributed by atoms with Gasteiger partial charge >= 0.3 is 0 Å². The first-order valence-corrected chi connectivity index (χ1v) is 6.05. The van der Waals surface area contributed by atoms with E-state index in [1.807, 2.05) is 37.4 Å². The fraction of sp³-hybridized carbons (Fsp3) is 0.200. The third kappa shape index (κ3) is 2.72. The Labute approximate surface area is 92.4 Å². The Kier molecular flexibility index (Phi) is 3.93. The van der Waals surface area contributed by atoms with E-state index >= 15 is 0 Å². The summed E-state index contributed by atoms with van der Waals surface area (Å²) in [4.78, 5) is 4.70. The molecule has 0 saturated heterocycles. The molecule has 0 bridgehead atoms. The lowest BCUT2D eigenvalue weighted by molar-refractivity contribution is 1.38. The molecule has 0 heterocycles. The molecule has 1 radical (unpaired) electrons. The molecular formula is C10H10N2S2-. The number of nitriles is 1. The predicted molar refractivity (Wildman–Crippen MR) is 63.4 cm³/mol. The summed E-state index contributed by atoms with van der Waals surface area (Å²) in [6.07, 6.45) is 3.70. The highest BCUT2D eigenvalue weighted by Crippen LogP contribution is 2.33. The molecule has 0 fully saturated rings. The molecule has 0 aliphatic heterocycles. The summed E-state index contributed by atoms with van der Waals surface area (Å²) in [7, 11) is -0.244. The number of aryl methyl sites for hydroxylation is 1. The summed E-state index contributed by atoms with van der Waals surface area (Å²) in [5, 5.41) is 8.38. The molecule has 73 valence electrons. The minimum absolute atomic E-state index is 0.244. The van der Waals surface area contributed by atoms with E-state index in [9.17, 15) is 0 Å². The third-order valence-corrected chi connectivity index (χ3v) is 4.21. The predicted octanol–water partition coefficient (Wildman–Crippen LogP) is 2.64. The largest absolute Gasteiger partial charge is 0.753 e. The molecule has 14 heavy (non-hydrogen) atoms. The molecule has 0 spiro atoms. The Morgan fingerprint density at radius 3 is 2.50 bits per heavy atom. The van der Waals surface area contributed by atoms with Gasteiger partial charge in [-0.1, -0.05) is 17.7 Å². The van der Waals surface area contributed by atoms with Crippen LogP contribution in [0.5, 0.6) is 0 Å². The fourth-order valence-electron chi connectivity index (χ4n) is 0.953. The molecule has 0 saturated carbocycles. The summed E-state index contributed by atoms with van der Waals surface area (Å²) in [5.74, 6) is 0. The number of rotatable bonds is 1. The van der Waals surface area contributed by atoms with Crippen molar-refractivity contribution in [2.45, 2.75) is 11.8 Å². The van der Waals surface area contributed by atoms with Crippen LogP contribution in [0.3, 0.4) is 0 Å². The van der Waals surface area contributed by atoms with Gasteiger partial charge in [-0.2, -0.15) is 21.1 Å². The van der Waals surface area contributed by atoms with E-state index in [1.165, 1.54) is 5.56 Å². The van der Waals surface area contributed by atoms with Gasteiger partial charge in [0.05, 0.1) is 0 Å². The second kappa shape index (κ2) is 4.99. The molecule has 0 unspecified atom stereocenters. The minimum Gasteiger partial charge on any atom is -0.753 e. The van der Waals surface area contributed by atoms with Gasteiger partial charge in [-0.3, -0.25) is 0 Å². The summed E-state index contributed by atoms with van der Waals surface area (Å²) in [6, 6.07) is 8.12. The van der Waals surface area contributed by atoms with E-state index in [0.717, 1.165) is 4.90 Å². The van der Waals surface area contributed by atoms with Crippen LogP contribution in [-0.4, -0.2) is 10.6 Å². The first-order valence-electron chi connectivity index (χ1n) is 4.01. The van der Waals surface area contributed by atoms with Crippen molar-refractivity contribution in [1.82, 2.24) is 0 Å². The van der Waals surface area contributed by atoms with Gasteiger partial charge < -0.3 is 12.6 Å². The maximum absolute atomic E-state index is 8.38. The van der Waals surface area contributed by atoms with Crippen molar-refractivity contribution in [3.05, 3.63) is 29.8 Å². The summed E-state index contributed by atoms with van der Waals surface area (Å²) >= 11 is 5.01. The molecular weight excluding hydrogens is 212 g/mol. The number of benzene rings is 1. The lowest BCUT2D eigenvalue weighted by Crippen LogP contribution is -1.94. The summed E-state index contributed by atoms with van der Waals surface area (Å²) < 4.78 is 0.469. The Balaban J connectivity index is 2.91. The molecule has 0 N–H and O–H groups in total. The van der Waals surface area contributed by atoms with Crippen LogP contribution in [0.4, 0.5) is 0 Å². The molecule has 0 aliphatic rings. The van der Waals surface area contributed by atoms with Crippen LogP contribution in [0.15, 0.2) is 34.2 Å². The average molecular weight is 222 g/mol. The Bertz CT molecular complexity index is 376. The van der Waals surface area contributed by atoms with Gasteiger partial charge in [-0.25, -0.2) is 0 Å². The standard InChI is InChI=1S/C10H11N2S2/c1-8-3-5-9(6-4-8)14(2)10(13)12-7-11/h3-6H,1-2H3,(H,12,13)/p-1. The number of aliphatic imine (C=N–C) groups is 1. The van der Waals surface area contributed by atoms with E-state index < -0.39 is 0 Å². The van der Waals surface area contributed by atoms with Crippen LogP contribution in [-0.2, 0) is 12.6 Å². The quantitative estimate of drug-likeness (QED) is 0.317. The fourth-order valence-corrected chi connectivity index (χ4v) is 2.21. The van der Waals surface area contributed by atoms with Crippen molar-refractivity contribution in [2.24, 2.45) is 4.99 Å². The molecule has 4 heteroatoms. The zero-order valence-electron chi connectivity index (χ0n) is 8.02. The van der Waals surface area contributed by atoms with E-state index in [-0.39, 0.29) is 10.9 Å². The van der Waals surface area contributed by atoms with Gasteiger partial charge in [0.2, 0.25) is 6.19 Å². The lowest BCUT2D eigenvalue weighted by atomic mass is 10.2. The number of hydrogen-bond acceptors (Lipinski definition) is 3. The molecule has 1 rings (SSSR count). The van der Waals surface area contributed by atoms with E-state index in [0.29, 0.717) is 4.38 Å². The van der Waals surface area contributed by atoms with Crippen molar-refractivity contribution >= 4 is 27.9 Å². The zero-order valence-corrected chi connectivity index (χ0v) is 9.65. The van der Waals surface area contributed by atoms with Crippen molar-refractivity contribution in [2.75, 3.05) is 6.26 Å². The molecule has 0 amide bonds. The van der Waals surface area contributed by atoms with Gasteiger partial charge in [0, 0.05) is 4.90 Å². The molecule has 2 nitrogen and oxygen atoms in total. The van der Waals surface area contributed by atoms with Gasteiger partial charge in [-0.05, 0) is 29.7 Å². The molecule has 0 atom stereocenters. The normalized spacial score (nSPS) is 11.4. The summed E-state index contributed by atoms with van der Waals surface area (Å²) in [5.41, 5.74) is 1.22. The van der Waals surface area contributed by atoms with Crippen LogP contribution in [0.1, 0.15) is 5.56 Å².